The first-order chi connectivity index (χ1) is 8.26. The quantitative estimate of drug-likeness (QED) is 0.806. The van der Waals surface area contributed by atoms with Gasteiger partial charge in [0.05, 0.1) is 5.69 Å². The van der Waals surface area contributed by atoms with Crippen LogP contribution >= 0.6 is 0 Å². The SMILES string of the molecule is CCN(C)c1nc2c(c(NC)n1)CCNCC2. The Kier molecular flexibility index (Phi) is 3.78. The van der Waals surface area contributed by atoms with Crippen molar-refractivity contribution in [1.29, 1.82) is 0 Å². The van der Waals surface area contributed by atoms with Crippen LogP contribution in [0.4, 0.5) is 11.8 Å². The summed E-state index contributed by atoms with van der Waals surface area (Å²) in [5, 5.41) is 6.60. The van der Waals surface area contributed by atoms with Crippen molar-refractivity contribution in [3.05, 3.63) is 11.3 Å². The summed E-state index contributed by atoms with van der Waals surface area (Å²) in [6.45, 7) is 5.03. The third kappa shape index (κ3) is 2.49. The van der Waals surface area contributed by atoms with Gasteiger partial charge in [-0.15, -0.1) is 0 Å². The fourth-order valence-electron chi connectivity index (χ4n) is 2.05. The molecule has 1 aromatic heterocycles. The third-order valence-corrected chi connectivity index (χ3v) is 3.22. The van der Waals surface area contributed by atoms with E-state index in [1.807, 2.05) is 14.1 Å². The van der Waals surface area contributed by atoms with Gasteiger partial charge in [-0.3, -0.25) is 0 Å². The smallest absolute Gasteiger partial charge is 0.227 e. The molecule has 1 aromatic rings. The van der Waals surface area contributed by atoms with Gasteiger partial charge in [-0.25, -0.2) is 4.98 Å². The maximum Gasteiger partial charge on any atom is 0.227 e. The summed E-state index contributed by atoms with van der Waals surface area (Å²) in [7, 11) is 3.95. The monoisotopic (exact) mass is 235 g/mol. The van der Waals surface area contributed by atoms with E-state index in [0.717, 1.165) is 44.2 Å². The van der Waals surface area contributed by atoms with E-state index in [2.05, 4.69) is 32.4 Å². The Morgan fingerprint density at radius 3 is 2.76 bits per heavy atom. The maximum atomic E-state index is 4.69. The normalized spacial score (nSPS) is 15.0. The highest BCUT2D eigenvalue weighted by Gasteiger charge is 2.16. The molecule has 2 N–H and O–H groups in total. The molecule has 17 heavy (non-hydrogen) atoms. The number of fused-ring (bicyclic) bond motifs is 1. The van der Waals surface area contributed by atoms with Crippen LogP contribution in [0.5, 0.6) is 0 Å². The molecule has 0 radical (unpaired) electrons. The molecule has 0 saturated heterocycles. The van der Waals surface area contributed by atoms with Gasteiger partial charge in [-0.05, 0) is 19.9 Å². The summed E-state index contributed by atoms with van der Waals surface area (Å²) in [6.07, 6.45) is 1.98. The number of anilines is 2. The molecule has 0 atom stereocenters. The summed E-state index contributed by atoms with van der Waals surface area (Å²) in [5.41, 5.74) is 2.45. The van der Waals surface area contributed by atoms with Gasteiger partial charge < -0.3 is 15.5 Å². The molecule has 0 amide bonds. The Labute approximate surface area is 103 Å². The average molecular weight is 235 g/mol. The molecule has 5 heteroatoms. The average Bonchev–Trinajstić information content (AvgIpc) is 2.61. The molecule has 0 aromatic carbocycles. The Balaban J connectivity index is 2.43. The predicted molar refractivity (Wildman–Crippen MR) is 70.8 cm³/mol. The Morgan fingerprint density at radius 1 is 1.29 bits per heavy atom. The van der Waals surface area contributed by atoms with Gasteiger partial charge in [-0.2, -0.15) is 4.98 Å². The van der Waals surface area contributed by atoms with Gasteiger partial charge in [0.1, 0.15) is 5.82 Å². The van der Waals surface area contributed by atoms with E-state index in [1.165, 1.54) is 11.3 Å². The van der Waals surface area contributed by atoms with Crippen LogP contribution in [0.1, 0.15) is 18.2 Å². The highest BCUT2D eigenvalue weighted by Crippen LogP contribution is 2.22. The molecule has 2 rings (SSSR count). The summed E-state index contributed by atoms with van der Waals surface area (Å²) < 4.78 is 0. The third-order valence-electron chi connectivity index (χ3n) is 3.22. The highest BCUT2D eigenvalue weighted by atomic mass is 15.2. The molecule has 0 aliphatic carbocycles. The number of hydrogen-bond donors (Lipinski definition) is 2. The largest absolute Gasteiger partial charge is 0.373 e. The van der Waals surface area contributed by atoms with Crippen LogP contribution in [0, 0.1) is 0 Å². The summed E-state index contributed by atoms with van der Waals surface area (Å²) in [5.74, 6) is 1.80. The Morgan fingerprint density at radius 2 is 2.06 bits per heavy atom. The predicted octanol–water partition coefficient (Wildman–Crippen LogP) is 0.663. The van der Waals surface area contributed by atoms with Crippen LogP contribution in [-0.4, -0.2) is 43.7 Å². The van der Waals surface area contributed by atoms with Crippen molar-refractivity contribution in [1.82, 2.24) is 15.3 Å². The minimum atomic E-state index is 0.817. The topological polar surface area (TPSA) is 53.1 Å². The van der Waals surface area contributed by atoms with Gasteiger partial charge in [0.2, 0.25) is 5.95 Å². The first-order valence-electron chi connectivity index (χ1n) is 6.25. The molecule has 0 fully saturated rings. The minimum Gasteiger partial charge on any atom is -0.373 e. The second kappa shape index (κ2) is 5.31. The van der Waals surface area contributed by atoms with Gasteiger partial charge in [0.15, 0.2) is 0 Å². The van der Waals surface area contributed by atoms with Crippen LogP contribution in [0.2, 0.25) is 0 Å². The van der Waals surface area contributed by atoms with Crippen LogP contribution in [0.15, 0.2) is 0 Å². The lowest BCUT2D eigenvalue weighted by Crippen LogP contribution is -2.21. The van der Waals surface area contributed by atoms with E-state index in [4.69, 9.17) is 0 Å². The van der Waals surface area contributed by atoms with Crippen molar-refractivity contribution in [3.63, 3.8) is 0 Å². The zero-order chi connectivity index (χ0) is 12.3. The zero-order valence-electron chi connectivity index (χ0n) is 10.9. The minimum absolute atomic E-state index is 0.817. The maximum absolute atomic E-state index is 4.69. The van der Waals surface area contributed by atoms with Crippen LogP contribution < -0.4 is 15.5 Å². The molecule has 1 aliphatic rings. The molecule has 2 heterocycles. The van der Waals surface area contributed by atoms with Gasteiger partial charge in [-0.1, -0.05) is 0 Å². The van der Waals surface area contributed by atoms with Gasteiger partial charge in [0.25, 0.3) is 0 Å². The van der Waals surface area contributed by atoms with Crippen molar-refractivity contribution in [3.8, 4) is 0 Å². The van der Waals surface area contributed by atoms with Crippen LogP contribution in [0.25, 0.3) is 0 Å². The van der Waals surface area contributed by atoms with Crippen LogP contribution in [0.3, 0.4) is 0 Å². The molecular formula is C12H21N5. The number of rotatable bonds is 3. The lowest BCUT2D eigenvalue weighted by atomic mass is 10.1. The van der Waals surface area contributed by atoms with Gasteiger partial charge in [0, 0.05) is 39.2 Å². The number of nitrogens with one attached hydrogen (secondary N) is 2. The Hall–Kier alpha value is -1.36. The van der Waals surface area contributed by atoms with Crippen molar-refractivity contribution in [2.24, 2.45) is 0 Å². The van der Waals surface area contributed by atoms with E-state index in [0.29, 0.717) is 0 Å². The molecular weight excluding hydrogens is 214 g/mol. The van der Waals surface area contributed by atoms with Crippen molar-refractivity contribution in [2.45, 2.75) is 19.8 Å². The molecule has 94 valence electrons. The molecule has 0 unspecified atom stereocenters. The standard InChI is InChI=1S/C12H21N5/c1-4-17(3)12-15-10-6-8-14-7-5-9(10)11(13-2)16-12/h14H,4-8H2,1-3H3,(H,13,15,16). The fraction of sp³-hybridized carbons (Fsp3) is 0.667. The molecule has 0 spiro atoms. The summed E-state index contributed by atoms with van der Waals surface area (Å²) in [4.78, 5) is 11.3. The number of hydrogen-bond acceptors (Lipinski definition) is 5. The van der Waals surface area contributed by atoms with Crippen molar-refractivity contribution < 1.29 is 0 Å². The second-order valence-electron chi connectivity index (χ2n) is 4.31. The highest BCUT2D eigenvalue weighted by molar-refractivity contribution is 5.51. The van der Waals surface area contributed by atoms with E-state index >= 15 is 0 Å². The number of nitrogens with zero attached hydrogens (tertiary/aromatic N) is 3. The summed E-state index contributed by atoms with van der Waals surface area (Å²) >= 11 is 0. The Bertz CT molecular complexity index is 391. The van der Waals surface area contributed by atoms with E-state index < -0.39 is 0 Å². The van der Waals surface area contributed by atoms with E-state index in [9.17, 15) is 0 Å². The van der Waals surface area contributed by atoms with E-state index in [1.54, 1.807) is 0 Å². The van der Waals surface area contributed by atoms with E-state index in [-0.39, 0.29) is 0 Å². The molecule has 5 nitrogen and oxygen atoms in total. The molecule has 0 saturated carbocycles. The van der Waals surface area contributed by atoms with Crippen molar-refractivity contribution >= 4 is 11.8 Å². The molecule has 0 bridgehead atoms. The number of aromatic nitrogens is 2. The second-order valence-corrected chi connectivity index (χ2v) is 4.31. The molecule has 1 aliphatic heterocycles. The first kappa shape index (κ1) is 12.1. The first-order valence-corrected chi connectivity index (χ1v) is 6.25. The lowest BCUT2D eigenvalue weighted by molar-refractivity contribution is 0.708. The van der Waals surface area contributed by atoms with Gasteiger partial charge >= 0.3 is 0 Å². The lowest BCUT2D eigenvalue weighted by Gasteiger charge is -2.18. The summed E-state index contributed by atoms with van der Waals surface area (Å²) in [6, 6.07) is 0. The fourth-order valence-corrected chi connectivity index (χ4v) is 2.05. The van der Waals surface area contributed by atoms with Crippen molar-refractivity contribution in [2.75, 3.05) is 43.9 Å². The zero-order valence-corrected chi connectivity index (χ0v) is 10.9. The van der Waals surface area contributed by atoms with Crippen LogP contribution in [-0.2, 0) is 12.8 Å².